The lowest BCUT2D eigenvalue weighted by molar-refractivity contribution is -0.163. The van der Waals surface area contributed by atoms with Gasteiger partial charge in [-0.15, -0.1) is 0 Å². The summed E-state index contributed by atoms with van der Waals surface area (Å²) in [6.45, 7) is 3.27. The van der Waals surface area contributed by atoms with Crippen LogP contribution in [-0.4, -0.2) is 27.1 Å². The van der Waals surface area contributed by atoms with E-state index in [1.165, 1.54) is 0 Å². The molecule has 0 heterocycles. The van der Waals surface area contributed by atoms with Gasteiger partial charge in [-0.3, -0.25) is 0 Å². The Bertz CT molecular complexity index is 198. The number of hydrogen-bond donors (Lipinski definition) is 1. The van der Waals surface area contributed by atoms with Gasteiger partial charge in [0.05, 0.1) is 6.61 Å². The largest absolute Gasteiger partial charge is 0.463 e. The van der Waals surface area contributed by atoms with Crippen LogP contribution in [0.4, 0.5) is 0 Å². The Hall–Kier alpha value is 0.300. The molecule has 0 amide bonds. The summed E-state index contributed by atoms with van der Waals surface area (Å²) in [6.07, 6.45) is 1.59. The van der Waals surface area contributed by atoms with Gasteiger partial charge in [0.15, 0.2) is 0 Å². The molecule has 84 valence electrons. The van der Waals surface area contributed by atoms with E-state index in [9.17, 15) is 9.90 Å². The van der Waals surface area contributed by atoms with Crippen molar-refractivity contribution in [1.29, 1.82) is 0 Å². The lowest BCUT2D eigenvalue weighted by atomic mass is 10.1. The van der Waals surface area contributed by atoms with Crippen molar-refractivity contribution < 1.29 is 14.6 Å². The third kappa shape index (κ3) is 3.81. The molecule has 6 heteroatoms. The zero-order chi connectivity index (χ0) is 11.4. The fraction of sp³-hybridized carbons (Fsp3) is 0.875. The summed E-state index contributed by atoms with van der Waals surface area (Å²) >= 11 is 16.2. The van der Waals surface area contributed by atoms with E-state index in [1.54, 1.807) is 0 Å². The number of rotatable bonds is 4. The van der Waals surface area contributed by atoms with Crippen LogP contribution in [0.25, 0.3) is 0 Å². The number of esters is 1. The summed E-state index contributed by atoms with van der Waals surface area (Å²) < 4.78 is 2.64. The van der Waals surface area contributed by atoms with E-state index in [4.69, 9.17) is 39.5 Å². The zero-order valence-electron chi connectivity index (χ0n) is 8.02. The number of aliphatic hydroxyl groups is 1. The maximum atomic E-state index is 11.3. The van der Waals surface area contributed by atoms with Gasteiger partial charge in [0.2, 0.25) is 9.39 Å². The van der Waals surface area contributed by atoms with E-state index in [-0.39, 0.29) is 6.61 Å². The van der Waals surface area contributed by atoms with E-state index < -0.39 is 15.4 Å². The third-order valence-electron chi connectivity index (χ3n) is 1.68. The molecule has 0 rings (SSSR count). The predicted octanol–water partition coefficient (Wildman–Crippen LogP) is 2.45. The van der Waals surface area contributed by atoms with Crippen LogP contribution in [0.5, 0.6) is 0 Å². The molecule has 0 saturated heterocycles. The molecule has 3 nitrogen and oxygen atoms in total. The third-order valence-corrected chi connectivity index (χ3v) is 2.78. The predicted molar refractivity (Wildman–Crippen MR) is 56.8 cm³/mol. The summed E-state index contributed by atoms with van der Waals surface area (Å²) in [5, 5.41) is 9.55. The molecule has 0 spiro atoms. The van der Waals surface area contributed by atoms with Gasteiger partial charge in [-0.25, -0.2) is 4.79 Å². The summed E-state index contributed by atoms with van der Waals surface area (Å²) in [7, 11) is 0. The van der Waals surface area contributed by atoms with Crippen molar-refractivity contribution in [3.05, 3.63) is 0 Å². The molecular formula is C8H13Cl3O3. The lowest BCUT2D eigenvalue weighted by Crippen LogP contribution is -2.48. The van der Waals surface area contributed by atoms with E-state index >= 15 is 0 Å². The van der Waals surface area contributed by atoms with Crippen molar-refractivity contribution >= 4 is 40.8 Å². The van der Waals surface area contributed by atoms with E-state index in [0.717, 1.165) is 13.3 Å². The SMILES string of the molecule is CCCCOC(=O)C(C)(O)C(Cl)(Cl)Cl. The molecule has 0 saturated carbocycles. The van der Waals surface area contributed by atoms with Gasteiger partial charge in [-0.2, -0.15) is 0 Å². The quantitative estimate of drug-likeness (QED) is 0.481. The van der Waals surface area contributed by atoms with Crippen molar-refractivity contribution in [2.24, 2.45) is 0 Å². The second kappa shape index (κ2) is 5.40. The van der Waals surface area contributed by atoms with Crippen molar-refractivity contribution in [2.75, 3.05) is 6.61 Å². The Labute approximate surface area is 98.3 Å². The lowest BCUT2D eigenvalue weighted by Gasteiger charge is -2.28. The first-order valence-corrected chi connectivity index (χ1v) is 5.33. The fourth-order valence-corrected chi connectivity index (χ4v) is 0.797. The van der Waals surface area contributed by atoms with E-state index in [1.807, 2.05) is 6.92 Å². The van der Waals surface area contributed by atoms with Crippen LogP contribution < -0.4 is 0 Å². The number of halogens is 3. The monoisotopic (exact) mass is 262 g/mol. The average Bonchev–Trinajstić information content (AvgIpc) is 2.02. The normalized spacial score (nSPS) is 16.1. The second-order valence-electron chi connectivity index (χ2n) is 3.06. The van der Waals surface area contributed by atoms with Gasteiger partial charge in [-0.05, 0) is 13.3 Å². The van der Waals surface area contributed by atoms with Crippen LogP contribution in [0.15, 0.2) is 0 Å². The molecule has 0 aliphatic rings. The summed E-state index contributed by atoms with van der Waals surface area (Å²) in [6, 6.07) is 0. The molecule has 0 fully saturated rings. The van der Waals surface area contributed by atoms with Gasteiger partial charge in [0.1, 0.15) is 0 Å². The highest BCUT2D eigenvalue weighted by Gasteiger charge is 2.50. The van der Waals surface area contributed by atoms with Gasteiger partial charge < -0.3 is 9.84 Å². The highest BCUT2D eigenvalue weighted by molar-refractivity contribution is 6.69. The van der Waals surface area contributed by atoms with Gasteiger partial charge >= 0.3 is 5.97 Å². The van der Waals surface area contributed by atoms with Crippen LogP contribution in [0.1, 0.15) is 26.7 Å². The smallest absolute Gasteiger partial charge is 0.342 e. The Morgan fingerprint density at radius 1 is 1.43 bits per heavy atom. The molecule has 0 aromatic carbocycles. The minimum Gasteiger partial charge on any atom is -0.463 e. The molecule has 0 radical (unpaired) electrons. The number of ether oxygens (including phenoxy) is 1. The number of hydrogen-bond acceptors (Lipinski definition) is 3. The van der Waals surface area contributed by atoms with Crippen LogP contribution >= 0.6 is 34.8 Å². The van der Waals surface area contributed by atoms with Crippen LogP contribution in [0, 0.1) is 0 Å². The second-order valence-corrected chi connectivity index (χ2v) is 5.34. The summed E-state index contributed by atoms with van der Waals surface area (Å²) in [4.78, 5) is 11.3. The van der Waals surface area contributed by atoms with Gasteiger partial charge in [-0.1, -0.05) is 48.1 Å². The molecular weight excluding hydrogens is 250 g/mol. The Morgan fingerprint density at radius 2 is 1.93 bits per heavy atom. The van der Waals surface area contributed by atoms with Crippen molar-refractivity contribution in [1.82, 2.24) is 0 Å². The number of unbranched alkanes of at least 4 members (excludes halogenated alkanes) is 1. The Balaban J connectivity index is 4.23. The minimum atomic E-state index is -2.12. The van der Waals surface area contributed by atoms with Gasteiger partial charge in [0, 0.05) is 0 Å². The summed E-state index contributed by atoms with van der Waals surface area (Å²) in [5.41, 5.74) is -2.12. The standard InChI is InChI=1S/C8H13Cl3O3/c1-3-4-5-14-6(12)7(2,13)8(9,10)11/h13H,3-5H2,1-2H3. The van der Waals surface area contributed by atoms with Gasteiger partial charge in [0.25, 0.3) is 0 Å². The summed E-state index contributed by atoms with van der Waals surface area (Å²) in [5.74, 6) is -0.925. The number of carbonyl (C=O) groups excluding carboxylic acids is 1. The number of carbonyl (C=O) groups is 1. The first kappa shape index (κ1) is 14.3. The molecule has 0 aromatic rings. The Kier molecular flexibility index (Phi) is 5.52. The van der Waals surface area contributed by atoms with Crippen LogP contribution in [0.3, 0.4) is 0 Å². The zero-order valence-corrected chi connectivity index (χ0v) is 10.3. The molecule has 1 atom stereocenters. The van der Waals surface area contributed by atoms with E-state index in [0.29, 0.717) is 6.42 Å². The van der Waals surface area contributed by atoms with E-state index in [2.05, 4.69) is 0 Å². The average molecular weight is 264 g/mol. The first-order chi connectivity index (χ1) is 6.23. The first-order valence-electron chi connectivity index (χ1n) is 4.19. The highest BCUT2D eigenvalue weighted by Crippen LogP contribution is 2.38. The number of alkyl halides is 3. The van der Waals surface area contributed by atoms with Crippen molar-refractivity contribution in [2.45, 2.75) is 36.1 Å². The van der Waals surface area contributed by atoms with Crippen LogP contribution in [0.2, 0.25) is 0 Å². The molecule has 0 aliphatic carbocycles. The molecule has 0 aliphatic heterocycles. The minimum absolute atomic E-state index is 0.215. The highest BCUT2D eigenvalue weighted by atomic mass is 35.6. The topological polar surface area (TPSA) is 46.5 Å². The molecule has 14 heavy (non-hydrogen) atoms. The fourth-order valence-electron chi connectivity index (χ4n) is 0.565. The molecule has 1 N–H and O–H groups in total. The van der Waals surface area contributed by atoms with Crippen LogP contribution in [-0.2, 0) is 9.53 Å². The molecule has 1 unspecified atom stereocenters. The maximum Gasteiger partial charge on any atom is 0.342 e. The molecule has 0 bridgehead atoms. The van der Waals surface area contributed by atoms with Crippen molar-refractivity contribution in [3.8, 4) is 0 Å². The molecule has 0 aromatic heterocycles. The van der Waals surface area contributed by atoms with Crippen molar-refractivity contribution in [3.63, 3.8) is 0 Å². The maximum absolute atomic E-state index is 11.3. The Morgan fingerprint density at radius 3 is 2.29 bits per heavy atom.